The van der Waals surface area contributed by atoms with Gasteiger partial charge in [-0.2, -0.15) is 5.10 Å². The Hall–Kier alpha value is -0.260. The average Bonchev–Trinajstić information content (AvgIpc) is 2.14. The predicted molar refractivity (Wildman–Crippen MR) is 49.8 cm³/mol. The van der Waals surface area contributed by atoms with Crippen LogP contribution >= 0.6 is 22.6 Å². The summed E-state index contributed by atoms with van der Waals surface area (Å²) in [6.07, 6.45) is 0. The molecule has 0 spiro atoms. The lowest BCUT2D eigenvalue weighted by atomic mass is 10.1. The Balaban J connectivity index is 3.05. The van der Waals surface area contributed by atoms with Crippen LogP contribution in [0.2, 0.25) is 0 Å². The Morgan fingerprint density at radius 1 is 1.60 bits per heavy atom. The van der Waals surface area contributed by atoms with E-state index in [1.165, 1.54) is 0 Å². The van der Waals surface area contributed by atoms with Crippen molar-refractivity contribution in [3.63, 3.8) is 0 Å². The van der Waals surface area contributed by atoms with Crippen molar-refractivity contribution in [3.8, 4) is 0 Å². The Bertz CT molecular complexity index is 229. The first kappa shape index (κ1) is 7.84. The van der Waals surface area contributed by atoms with Gasteiger partial charge in [-0.3, -0.25) is 5.10 Å². The van der Waals surface area contributed by atoms with Crippen LogP contribution in [0.15, 0.2) is 0 Å². The second-order valence-corrected chi connectivity index (χ2v) is 3.57. The standard InChI is InChI=1S/C6H10IN3/c1-3(2)5-4(7)6(8)10-9-5/h3H,1-2H3,(H3,8,9,10). The number of nitrogens with one attached hydrogen (secondary N) is 1. The maximum Gasteiger partial charge on any atom is 0.158 e. The first-order valence-corrected chi connectivity index (χ1v) is 4.20. The van der Waals surface area contributed by atoms with Crippen LogP contribution < -0.4 is 5.73 Å². The highest BCUT2D eigenvalue weighted by molar-refractivity contribution is 14.1. The number of nitrogen functional groups attached to an aromatic ring is 1. The molecule has 1 aromatic rings. The number of anilines is 1. The van der Waals surface area contributed by atoms with Crippen LogP contribution in [0.5, 0.6) is 0 Å². The zero-order valence-electron chi connectivity index (χ0n) is 5.98. The van der Waals surface area contributed by atoms with Gasteiger partial charge in [0.1, 0.15) is 0 Å². The molecule has 4 heteroatoms. The van der Waals surface area contributed by atoms with E-state index in [-0.39, 0.29) is 0 Å². The van der Waals surface area contributed by atoms with Crippen molar-refractivity contribution >= 4 is 28.4 Å². The Morgan fingerprint density at radius 2 is 2.20 bits per heavy atom. The van der Waals surface area contributed by atoms with Crippen molar-refractivity contribution in [2.75, 3.05) is 5.73 Å². The number of rotatable bonds is 1. The molecule has 0 aliphatic rings. The average molecular weight is 251 g/mol. The van der Waals surface area contributed by atoms with Crippen LogP contribution in [0.25, 0.3) is 0 Å². The zero-order chi connectivity index (χ0) is 7.72. The molecule has 10 heavy (non-hydrogen) atoms. The van der Waals surface area contributed by atoms with Gasteiger partial charge in [-0.15, -0.1) is 0 Å². The normalized spacial score (nSPS) is 10.8. The van der Waals surface area contributed by atoms with Crippen LogP contribution in [-0.2, 0) is 0 Å². The summed E-state index contributed by atoms with van der Waals surface area (Å²) in [7, 11) is 0. The molecule has 56 valence electrons. The van der Waals surface area contributed by atoms with E-state index in [0.29, 0.717) is 11.7 Å². The van der Waals surface area contributed by atoms with Gasteiger partial charge in [-0.25, -0.2) is 0 Å². The van der Waals surface area contributed by atoms with Gasteiger partial charge in [0.25, 0.3) is 0 Å². The molecule has 3 nitrogen and oxygen atoms in total. The maximum absolute atomic E-state index is 5.53. The summed E-state index contributed by atoms with van der Waals surface area (Å²) in [5.41, 5.74) is 6.65. The molecule has 0 aliphatic carbocycles. The van der Waals surface area contributed by atoms with Crippen LogP contribution in [0, 0.1) is 3.57 Å². The van der Waals surface area contributed by atoms with Gasteiger partial charge in [0.05, 0.1) is 9.26 Å². The van der Waals surface area contributed by atoms with Crippen LogP contribution in [0.1, 0.15) is 25.5 Å². The molecule has 0 unspecified atom stereocenters. The second kappa shape index (κ2) is 2.77. The Kier molecular flexibility index (Phi) is 2.18. The van der Waals surface area contributed by atoms with Gasteiger partial charge in [0.15, 0.2) is 5.82 Å². The Labute approximate surface area is 73.5 Å². The highest BCUT2D eigenvalue weighted by Gasteiger charge is 2.09. The highest BCUT2D eigenvalue weighted by Crippen LogP contribution is 2.22. The zero-order valence-corrected chi connectivity index (χ0v) is 8.14. The van der Waals surface area contributed by atoms with E-state index in [1.54, 1.807) is 0 Å². The molecule has 0 saturated carbocycles. The smallest absolute Gasteiger partial charge is 0.158 e. The van der Waals surface area contributed by atoms with Crippen molar-refractivity contribution in [3.05, 3.63) is 9.26 Å². The first-order valence-electron chi connectivity index (χ1n) is 3.12. The lowest BCUT2D eigenvalue weighted by molar-refractivity contribution is 0.806. The summed E-state index contributed by atoms with van der Waals surface area (Å²) in [5, 5.41) is 6.77. The van der Waals surface area contributed by atoms with E-state index >= 15 is 0 Å². The molecule has 0 saturated heterocycles. The number of hydrogen-bond acceptors (Lipinski definition) is 2. The summed E-state index contributed by atoms with van der Waals surface area (Å²) in [6, 6.07) is 0. The van der Waals surface area contributed by atoms with E-state index in [9.17, 15) is 0 Å². The van der Waals surface area contributed by atoms with Crippen LogP contribution in [0.3, 0.4) is 0 Å². The van der Waals surface area contributed by atoms with Gasteiger partial charge in [0, 0.05) is 0 Å². The fourth-order valence-electron chi connectivity index (χ4n) is 0.739. The molecule has 0 amide bonds. The molecule has 0 radical (unpaired) electrons. The molecule has 1 aromatic heterocycles. The lowest BCUT2D eigenvalue weighted by Crippen LogP contribution is -1.90. The fourth-order valence-corrected chi connectivity index (χ4v) is 1.60. The van der Waals surface area contributed by atoms with E-state index in [4.69, 9.17) is 5.73 Å². The molecule has 0 aliphatic heterocycles. The number of hydrogen-bond donors (Lipinski definition) is 2. The third-order valence-electron chi connectivity index (χ3n) is 1.34. The van der Waals surface area contributed by atoms with Crippen molar-refractivity contribution in [2.24, 2.45) is 0 Å². The van der Waals surface area contributed by atoms with E-state index < -0.39 is 0 Å². The van der Waals surface area contributed by atoms with E-state index in [2.05, 4.69) is 46.6 Å². The molecular formula is C6H10IN3. The number of aromatic nitrogens is 2. The van der Waals surface area contributed by atoms with E-state index in [0.717, 1.165) is 9.26 Å². The number of halogens is 1. The monoisotopic (exact) mass is 251 g/mol. The molecular weight excluding hydrogens is 241 g/mol. The summed E-state index contributed by atoms with van der Waals surface area (Å²) < 4.78 is 1.05. The molecule has 1 rings (SSSR count). The maximum atomic E-state index is 5.53. The highest BCUT2D eigenvalue weighted by atomic mass is 127. The molecule has 0 fully saturated rings. The summed E-state index contributed by atoms with van der Waals surface area (Å²) in [4.78, 5) is 0. The van der Waals surface area contributed by atoms with Crippen molar-refractivity contribution < 1.29 is 0 Å². The quantitative estimate of drug-likeness (QED) is 0.746. The number of nitrogens with zero attached hydrogens (tertiary/aromatic N) is 1. The molecule has 0 aromatic carbocycles. The molecule has 1 heterocycles. The third-order valence-corrected chi connectivity index (χ3v) is 2.47. The minimum absolute atomic E-state index is 0.469. The minimum Gasteiger partial charge on any atom is -0.381 e. The van der Waals surface area contributed by atoms with Gasteiger partial charge in [-0.05, 0) is 28.5 Å². The Morgan fingerprint density at radius 3 is 2.40 bits per heavy atom. The molecule has 3 N–H and O–H groups in total. The van der Waals surface area contributed by atoms with Crippen molar-refractivity contribution in [2.45, 2.75) is 19.8 Å². The summed E-state index contributed by atoms with van der Waals surface area (Å²) in [5.74, 6) is 1.07. The minimum atomic E-state index is 0.469. The predicted octanol–water partition coefficient (Wildman–Crippen LogP) is 1.72. The topological polar surface area (TPSA) is 54.7 Å². The van der Waals surface area contributed by atoms with Crippen molar-refractivity contribution in [1.29, 1.82) is 0 Å². The largest absolute Gasteiger partial charge is 0.381 e. The summed E-state index contributed by atoms with van der Waals surface area (Å²) >= 11 is 2.20. The SMILES string of the molecule is CC(C)c1[nH]nc(N)c1I. The number of H-pyrrole nitrogens is 1. The van der Waals surface area contributed by atoms with E-state index in [1.807, 2.05) is 0 Å². The summed E-state index contributed by atoms with van der Waals surface area (Å²) in [6.45, 7) is 4.21. The van der Waals surface area contributed by atoms with Crippen LogP contribution in [0.4, 0.5) is 5.82 Å². The lowest BCUT2D eigenvalue weighted by Gasteiger charge is -1.99. The van der Waals surface area contributed by atoms with Gasteiger partial charge >= 0.3 is 0 Å². The number of aromatic amines is 1. The van der Waals surface area contributed by atoms with Crippen LogP contribution in [-0.4, -0.2) is 10.2 Å². The van der Waals surface area contributed by atoms with Gasteiger partial charge in [0.2, 0.25) is 0 Å². The second-order valence-electron chi connectivity index (χ2n) is 2.49. The van der Waals surface area contributed by atoms with Crippen molar-refractivity contribution in [1.82, 2.24) is 10.2 Å². The fraction of sp³-hybridized carbons (Fsp3) is 0.500. The first-order chi connectivity index (χ1) is 4.63. The number of nitrogens with two attached hydrogens (primary N) is 1. The molecule has 0 bridgehead atoms. The molecule has 0 atom stereocenters. The third kappa shape index (κ3) is 1.25. The van der Waals surface area contributed by atoms with Gasteiger partial charge in [-0.1, -0.05) is 13.8 Å². The van der Waals surface area contributed by atoms with Gasteiger partial charge < -0.3 is 5.73 Å².